The molecule has 0 N–H and O–H groups in total. The predicted molar refractivity (Wildman–Crippen MR) is 83.3 cm³/mol. The molecule has 2 aromatic carbocycles. The molecule has 0 aliphatic heterocycles. The average molecular weight is 325 g/mol. The van der Waals surface area contributed by atoms with E-state index in [9.17, 15) is 0 Å². The van der Waals surface area contributed by atoms with Crippen LogP contribution in [-0.4, -0.2) is 7.05 Å². The van der Waals surface area contributed by atoms with Gasteiger partial charge in [-0.05, 0) is 42.3 Å². The molecule has 0 unspecified atom stereocenters. The summed E-state index contributed by atoms with van der Waals surface area (Å²) in [6.07, 6.45) is 0. The fraction of sp³-hybridized carbons (Fsp3) is 0.200. The van der Waals surface area contributed by atoms with Crippen molar-refractivity contribution >= 4 is 38.9 Å². The number of rotatable bonds is 3. The Kier molecular flexibility index (Phi) is 4.31. The van der Waals surface area contributed by atoms with E-state index in [0.717, 1.165) is 16.0 Å². The summed E-state index contributed by atoms with van der Waals surface area (Å²) in [6.45, 7) is 2.10. The van der Waals surface area contributed by atoms with Gasteiger partial charge in [-0.2, -0.15) is 0 Å². The number of hydrogen-bond donors (Lipinski definition) is 0. The minimum absolute atomic E-state index is 0.759. The fourth-order valence-electron chi connectivity index (χ4n) is 1.94. The second-order valence-electron chi connectivity index (χ2n) is 4.30. The molecule has 0 heterocycles. The van der Waals surface area contributed by atoms with Gasteiger partial charge in [-0.25, -0.2) is 0 Å². The van der Waals surface area contributed by atoms with E-state index in [1.807, 2.05) is 12.1 Å². The van der Waals surface area contributed by atoms with Crippen molar-refractivity contribution in [3.8, 4) is 0 Å². The number of halogens is 2. The van der Waals surface area contributed by atoms with Crippen molar-refractivity contribution in [2.24, 2.45) is 0 Å². The summed E-state index contributed by atoms with van der Waals surface area (Å²) in [7, 11) is 2.06. The monoisotopic (exact) mass is 323 g/mol. The van der Waals surface area contributed by atoms with E-state index in [4.69, 9.17) is 11.6 Å². The van der Waals surface area contributed by atoms with Crippen molar-refractivity contribution in [3.05, 3.63) is 58.6 Å². The number of benzene rings is 2. The SMILES string of the molecule is Cc1cccc(N(C)c2cc(Cl)ccc2CBr)c1. The standard InChI is InChI=1S/C15H15BrClN/c1-11-4-3-5-14(8-11)18(2)15-9-13(17)7-6-12(15)10-16/h3-9H,10H2,1-2H3. The minimum Gasteiger partial charge on any atom is -0.344 e. The van der Waals surface area contributed by atoms with E-state index in [1.165, 1.54) is 16.8 Å². The van der Waals surface area contributed by atoms with Crippen molar-refractivity contribution in [1.29, 1.82) is 0 Å². The predicted octanol–water partition coefficient (Wildman–Crippen LogP) is 5.31. The van der Waals surface area contributed by atoms with Gasteiger partial charge in [0, 0.05) is 28.8 Å². The highest BCUT2D eigenvalue weighted by Crippen LogP contribution is 2.31. The van der Waals surface area contributed by atoms with Crippen LogP contribution in [0, 0.1) is 6.92 Å². The average Bonchev–Trinajstić information content (AvgIpc) is 2.38. The molecule has 18 heavy (non-hydrogen) atoms. The van der Waals surface area contributed by atoms with Gasteiger partial charge in [0.2, 0.25) is 0 Å². The zero-order valence-corrected chi connectivity index (χ0v) is 12.8. The Labute approximate surface area is 122 Å². The van der Waals surface area contributed by atoms with Crippen LogP contribution >= 0.6 is 27.5 Å². The molecule has 0 spiro atoms. The van der Waals surface area contributed by atoms with Gasteiger partial charge >= 0.3 is 0 Å². The van der Waals surface area contributed by atoms with E-state index in [2.05, 4.69) is 65.1 Å². The summed E-state index contributed by atoms with van der Waals surface area (Å²) in [5.41, 5.74) is 4.77. The third-order valence-electron chi connectivity index (χ3n) is 2.94. The Hall–Kier alpha value is -0.990. The maximum atomic E-state index is 6.09. The Morgan fingerprint density at radius 3 is 2.61 bits per heavy atom. The van der Waals surface area contributed by atoms with Crippen LogP contribution in [0.4, 0.5) is 11.4 Å². The van der Waals surface area contributed by atoms with Crippen LogP contribution in [0.2, 0.25) is 5.02 Å². The number of hydrogen-bond acceptors (Lipinski definition) is 1. The summed E-state index contributed by atoms with van der Waals surface area (Å²) < 4.78 is 0. The summed E-state index contributed by atoms with van der Waals surface area (Å²) in [6, 6.07) is 14.4. The van der Waals surface area contributed by atoms with Crippen LogP contribution in [0.5, 0.6) is 0 Å². The molecule has 0 saturated heterocycles. The highest BCUT2D eigenvalue weighted by atomic mass is 79.9. The van der Waals surface area contributed by atoms with Gasteiger partial charge in [0.1, 0.15) is 0 Å². The maximum Gasteiger partial charge on any atom is 0.0464 e. The van der Waals surface area contributed by atoms with Crippen molar-refractivity contribution in [1.82, 2.24) is 0 Å². The molecule has 0 aliphatic carbocycles. The van der Waals surface area contributed by atoms with Crippen LogP contribution in [0.25, 0.3) is 0 Å². The molecule has 0 saturated carbocycles. The smallest absolute Gasteiger partial charge is 0.0464 e. The highest BCUT2D eigenvalue weighted by molar-refractivity contribution is 9.08. The third kappa shape index (κ3) is 2.88. The first kappa shape index (κ1) is 13.4. The van der Waals surface area contributed by atoms with E-state index < -0.39 is 0 Å². The van der Waals surface area contributed by atoms with Crippen LogP contribution in [0.3, 0.4) is 0 Å². The number of nitrogens with zero attached hydrogens (tertiary/aromatic N) is 1. The van der Waals surface area contributed by atoms with Crippen LogP contribution in [-0.2, 0) is 5.33 Å². The quantitative estimate of drug-likeness (QED) is 0.691. The lowest BCUT2D eigenvalue weighted by atomic mass is 10.1. The lowest BCUT2D eigenvalue weighted by Gasteiger charge is -2.22. The van der Waals surface area contributed by atoms with E-state index in [-0.39, 0.29) is 0 Å². The Morgan fingerprint density at radius 2 is 1.94 bits per heavy atom. The van der Waals surface area contributed by atoms with Crippen LogP contribution in [0.15, 0.2) is 42.5 Å². The zero-order valence-electron chi connectivity index (χ0n) is 10.5. The lowest BCUT2D eigenvalue weighted by Crippen LogP contribution is -2.11. The molecule has 0 aromatic heterocycles. The molecule has 0 radical (unpaired) electrons. The Bertz CT molecular complexity index is 554. The van der Waals surface area contributed by atoms with Gasteiger partial charge in [-0.1, -0.05) is 45.7 Å². The largest absolute Gasteiger partial charge is 0.344 e. The van der Waals surface area contributed by atoms with Gasteiger partial charge in [0.15, 0.2) is 0 Å². The second kappa shape index (κ2) is 5.77. The van der Waals surface area contributed by atoms with Crippen molar-refractivity contribution in [2.45, 2.75) is 12.3 Å². The molecular formula is C15H15BrClN. The second-order valence-corrected chi connectivity index (χ2v) is 5.30. The first-order chi connectivity index (χ1) is 8.61. The summed E-state index contributed by atoms with van der Waals surface area (Å²) >= 11 is 9.61. The molecule has 0 atom stereocenters. The molecule has 94 valence electrons. The summed E-state index contributed by atoms with van der Waals surface area (Å²) in [5, 5.41) is 1.57. The van der Waals surface area contributed by atoms with Gasteiger partial charge in [-0.15, -0.1) is 0 Å². The summed E-state index contributed by atoms with van der Waals surface area (Å²) in [5.74, 6) is 0. The molecule has 0 amide bonds. The Balaban J connectivity index is 2.44. The topological polar surface area (TPSA) is 3.24 Å². The van der Waals surface area contributed by atoms with E-state index >= 15 is 0 Å². The number of aryl methyl sites for hydroxylation is 1. The lowest BCUT2D eigenvalue weighted by molar-refractivity contribution is 1.17. The molecule has 2 aromatic rings. The third-order valence-corrected chi connectivity index (χ3v) is 3.78. The molecular weight excluding hydrogens is 310 g/mol. The minimum atomic E-state index is 0.759. The van der Waals surface area contributed by atoms with Gasteiger partial charge < -0.3 is 4.90 Å². The number of anilines is 2. The van der Waals surface area contributed by atoms with E-state index in [1.54, 1.807) is 0 Å². The van der Waals surface area contributed by atoms with Crippen molar-refractivity contribution in [3.63, 3.8) is 0 Å². The van der Waals surface area contributed by atoms with Crippen molar-refractivity contribution in [2.75, 3.05) is 11.9 Å². The molecule has 1 nitrogen and oxygen atoms in total. The van der Waals surface area contributed by atoms with Crippen LogP contribution < -0.4 is 4.90 Å². The van der Waals surface area contributed by atoms with Gasteiger partial charge in [0.25, 0.3) is 0 Å². The highest BCUT2D eigenvalue weighted by Gasteiger charge is 2.09. The molecule has 3 heteroatoms. The summed E-state index contributed by atoms with van der Waals surface area (Å²) in [4.78, 5) is 2.16. The van der Waals surface area contributed by atoms with Crippen LogP contribution in [0.1, 0.15) is 11.1 Å². The van der Waals surface area contributed by atoms with Crippen molar-refractivity contribution < 1.29 is 0 Å². The fourth-order valence-corrected chi connectivity index (χ4v) is 2.58. The molecule has 0 aliphatic rings. The normalized spacial score (nSPS) is 10.4. The first-order valence-electron chi connectivity index (χ1n) is 5.76. The molecule has 0 fully saturated rings. The van der Waals surface area contributed by atoms with E-state index in [0.29, 0.717) is 0 Å². The molecule has 0 bridgehead atoms. The molecule has 2 rings (SSSR count). The zero-order chi connectivity index (χ0) is 13.1. The number of alkyl halides is 1. The van der Waals surface area contributed by atoms with Gasteiger partial charge in [-0.3, -0.25) is 0 Å². The Morgan fingerprint density at radius 1 is 1.17 bits per heavy atom. The van der Waals surface area contributed by atoms with Gasteiger partial charge in [0.05, 0.1) is 0 Å². The first-order valence-corrected chi connectivity index (χ1v) is 7.26. The maximum absolute atomic E-state index is 6.09.